The van der Waals surface area contributed by atoms with Crippen molar-refractivity contribution in [2.75, 3.05) is 20.8 Å². The van der Waals surface area contributed by atoms with E-state index in [1.807, 2.05) is 22.9 Å². The Bertz CT molecular complexity index is 1230. The molecule has 0 amide bonds. The Morgan fingerprint density at radius 1 is 1.14 bits per heavy atom. The van der Waals surface area contributed by atoms with E-state index < -0.39 is 10.0 Å². The van der Waals surface area contributed by atoms with Gasteiger partial charge in [0.15, 0.2) is 17.3 Å². The summed E-state index contributed by atoms with van der Waals surface area (Å²) in [6, 6.07) is 8.42. The number of sulfonamides is 1. The molecule has 0 radical (unpaired) electrons. The number of nitrogens with zero attached hydrogens (tertiary/aromatic N) is 3. The van der Waals surface area contributed by atoms with Crippen LogP contribution in [0.15, 0.2) is 46.0 Å². The van der Waals surface area contributed by atoms with E-state index in [1.165, 1.54) is 37.7 Å². The molecule has 0 atom stereocenters. The van der Waals surface area contributed by atoms with Crippen LogP contribution in [-0.4, -0.2) is 43.8 Å². The lowest BCUT2D eigenvalue weighted by molar-refractivity contribution is 0.354. The van der Waals surface area contributed by atoms with Crippen molar-refractivity contribution in [3.8, 4) is 22.2 Å². The van der Waals surface area contributed by atoms with Gasteiger partial charge in [0, 0.05) is 24.4 Å². The summed E-state index contributed by atoms with van der Waals surface area (Å²) in [5.41, 5.74) is 0.898. The van der Waals surface area contributed by atoms with Crippen molar-refractivity contribution in [1.29, 1.82) is 0 Å². The lowest BCUT2D eigenvalue weighted by Crippen LogP contribution is -2.26. The van der Waals surface area contributed by atoms with Crippen LogP contribution in [0.1, 0.15) is 5.69 Å². The molecule has 3 aromatic heterocycles. The van der Waals surface area contributed by atoms with Crippen molar-refractivity contribution in [2.45, 2.75) is 11.3 Å². The number of benzene rings is 1. The van der Waals surface area contributed by atoms with Gasteiger partial charge in [-0.05, 0) is 23.6 Å². The number of hydrogen-bond acceptors (Lipinski definition) is 8. The summed E-state index contributed by atoms with van der Waals surface area (Å²) in [6.07, 6.45) is 0.486. The summed E-state index contributed by atoms with van der Waals surface area (Å²) in [5.74, 6) is 1.51. The second kappa shape index (κ2) is 8.11. The van der Waals surface area contributed by atoms with Crippen LogP contribution >= 0.6 is 22.7 Å². The van der Waals surface area contributed by atoms with Crippen LogP contribution in [0.3, 0.4) is 0 Å². The summed E-state index contributed by atoms with van der Waals surface area (Å²) in [6.45, 7) is 0.233. The number of nitrogens with one attached hydrogen (secondary N) is 1. The second-order valence-corrected chi connectivity index (χ2v) is 9.55. The number of hydrogen-bond donors (Lipinski definition) is 1. The monoisotopic (exact) mass is 450 g/mol. The number of rotatable bonds is 8. The zero-order valence-corrected chi connectivity index (χ0v) is 18.1. The van der Waals surface area contributed by atoms with E-state index in [-0.39, 0.29) is 11.4 Å². The maximum Gasteiger partial charge on any atom is 0.240 e. The molecule has 0 aliphatic rings. The zero-order valence-electron chi connectivity index (χ0n) is 15.7. The summed E-state index contributed by atoms with van der Waals surface area (Å²) in [4.78, 5) is 6.43. The summed E-state index contributed by atoms with van der Waals surface area (Å²) < 4.78 is 39.9. The number of methoxy groups -OCH3 is 2. The van der Waals surface area contributed by atoms with Gasteiger partial charge in [-0.15, -0.1) is 27.8 Å². The van der Waals surface area contributed by atoms with Crippen LogP contribution in [0, 0.1) is 0 Å². The van der Waals surface area contributed by atoms with Gasteiger partial charge in [0.25, 0.3) is 0 Å². The van der Waals surface area contributed by atoms with E-state index in [0.717, 1.165) is 15.5 Å². The highest BCUT2D eigenvalue weighted by Crippen LogP contribution is 2.29. The Labute approximate surface area is 175 Å². The smallest absolute Gasteiger partial charge is 0.240 e. The van der Waals surface area contributed by atoms with E-state index in [1.54, 1.807) is 21.9 Å². The van der Waals surface area contributed by atoms with Crippen LogP contribution < -0.4 is 14.2 Å². The number of thiophene rings is 1. The molecule has 11 heteroatoms. The van der Waals surface area contributed by atoms with Crippen molar-refractivity contribution in [3.63, 3.8) is 0 Å². The standard InChI is InChI=1S/C18H18N4O4S3/c1-25-14-6-5-13(10-15(14)26-2)29(23,24)19-8-7-12-11-28-18-20-17(21-22(12)18)16-4-3-9-27-16/h3-6,9-11,19H,7-8H2,1-2H3. The minimum Gasteiger partial charge on any atom is -0.493 e. The molecule has 4 rings (SSSR count). The predicted octanol–water partition coefficient (Wildman–Crippen LogP) is 3.06. The highest BCUT2D eigenvalue weighted by Gasteiger charge is 2.18. The summed E-state index contributed by atoms with van der Waals surface area (Å²) in [7, 11) is -0.716. The number of fused-ring (bicyclic) bond motifs is 1. The normalized spacial score (nSPS) is 11.8. The van der Waals surface area contributed by atoms with Gasteiger partial charge in [-0.2, -0.15) is 4.98 Å². The fraction of sp³-hybridized carbons (Fsp3) is 0.222. The molecule has 1 aromatic carbocycles. The van der Waals surface area contributed by atoms with Gasteiger partial charge in [-0.1, -0.05) is 6.07 Å². The fourth-order valence-electron chi connectivity index (χ4n) is 2.79. The Morgan fingerprint density at radius 3 is 2.69 bits per heavy atom. The maximum atomic E-state index is 12.6. The molecule has 0 saturated carbocycles. The number of aromatic nitrogens is 3. The third-order valence-corrected chi connectivity index (χ3v) is 7.42. The van der Waals surface area contributed by atoms with Crippen molar-refractivity contribution >= 4 is 37.7 Å². The first kappa shape index (κ1) is 19.8. The first-order chi connectivity index (χ1) is 14.0. The van der Waals surface area contributed by atoms with Crippen molar-refractivity contribution in [1.82, 2.24) is 19.3 Å². The molecule has 29 heavy (non-hydrogen) atoms. The van der Waals surface area contributed by atoms with Crippen molar-refractivity contribution < 1.29 is 17.9 Å². The molecule has 1 N–H and O–H groups in total. The van der Waals surface area contributed by atoms with Crippen molar-refractivity contribution in [2.24, 2.45) is 0 Å². The van der Waals surface area contributed by atoms with E-state index in [9.17, 15) is 8.42 Å². The van der Waals surface area contributed by atoms with Crippen LogP contribution in [0.25, 0.3) is 15.7 Å². The van der Waals surface area contributed by atoms with Gasteiger partial charge in [-0.25, -0.2) is 17.7 Å². The third kappa shape index (κ3) is 3.99. The third-order valence-electron chi connectivity index (χ3n) is 4.23. The average molecular weight is 451 g/mol. The molecule has 152 valence electrons. The second-order valence-electron chi connectivity index (χ2n) is 6.00. The van der Waals surface area contributed by atoms with Gasteiger partial charge in [-0.3, -0.25) is 0 Å². The SMILES string of the molecule is COc1ccc(S(=O)(=O)NCCc2csc3nc(-c4cccs4)nn23)cc1OC. The topological polar surface area (TPSA) is 94.8 Å². The molecular formula is C18H18N4O4S3. The summed E-state index contributed by atoms with van der Waals surface area (Å²) >= 11 is 3.06. The van der Waals surface area contributed by atoms with E-state index in [0.29, 0.717) is 23.7 Å². The van der Waals surface area contributed by atoms with Gasteiger partial charge in [0.05, 0.1) is 29.7 Å². The van der Waals surface area contributed by atoms with Crippen LogP contribution in [0.4, 0.5) is 0 Å². The quantitative estimate of drug-likeness (QED) is 0.443. The van der Waals surface area contributed by atoms with Crippen LogP contribution in [0.5, 0.6) is 11.5 Å². The number of thiazole rings is 1. The first-order valence-corrected chi connectivity index (χ1v) is 11.8. The predicted molar refractivity (Wildman–Crippen MR) is 113 cm³/mol. The molecule has 0 bridgehead atoms. The lowest BCUT2D eigenvalue weighted by Gasteiger charge is -2.10. The highest BCUT2D eigenvalue weighted by molar-refractivity contribution is 7.89. The Balaban J connectivity index is 1.47. The van der Waals surface area contributed by atoms with E-state index >= 15 is 0 Å². The van der Waals surface area contributed by atoms with E-state index in [2.05, 4.69) is 14.8 Å². The van der Waals surface area contributed by atoms with Gasteiger partial charge in [0.2, 0.25) is 15.0 Å². The first-order valence-electron chi connectivity index (χ1n) is 8.60. The van der Waals surface area contributed by atoms with Gasteiger partial charge in [0.1, 0.15) is 0 Å². The van der Waals surface area contributed by atoms with Crippen LogP contribution in [0.2, 0.25) is 0 Å². The molecule has 0 aliphatic heterocycles. The van der Waals surface area contributed by atoms with Gasteiger partial charge >= 0.3 is 0 Å². The largest absolute Gasteiger partial charge is 0.493 e. The summed E-state index contributed by atoms with van der Waals surface area (Å²) in [5, 5.41) is 8.47. The maximum absolute atomic E-state index is 12.6. The Kier molecular flexibility index (Phi) is 5.54. The minimum absolute atomic E-state index is 0.117. The average Bonchev–Trinajstić information content (AvgIpc) is 3.45. The van der Waals surface area contributed by atoms with Crippen molar-refractivity contribution in [3.05, 3.63) is 46.8 Å². The Hall–Kier alpha value is -2.47. The highest BCUT2D eigenvalue weighted by atomic mass is 32.2. The van der Waals surface area contributed by atoms with Gasteiger partial charge < -0.3 is 9.47 Å². The molecule has 0 unspecified atom stereocenters. The minimum atomic E-state index is -3.68. The zero-order chi connectivity index (χ0) is 20.4. The van der Waals surface area contributed by atoms with E-state index in [4.69, 9.17) is 9.47 Å². The molecule has 4 aromatic rings. The molecule has 0 aliphatic carbocycles. The molecule has 0 saturated heterocycles. The molecule has 3 heterocycles. The molecule has 8 nitrogen and oxygen atoms in total. The molecule has 0 fully saturated rings. The fourth-order valence-corrected chi connectivity index (χ4v) is 5.34. The Morgan fingerprint density at radius 2 is 1.97 bits per heavy atom. The molecule has 0 spiro atoms. The van der Waals surface area contributed by atoms with Crippen LogP contribution in [-0.2, 0) is 16.4 Å². The number of ether oxygens (including phenoxy) is 2. The molecular weight excluding hydrogens is 432 g/mol. The lowest BCUT2D eigenvalue weighted by atomic mass is 10.3.